The van der Waals surface area contributed by atoms with E-state index in [0.29, 0.717) is 12.1 Å². The summed E-state index contributed by atoms with van der Waals surface area (Å²) in [4.78, 5) is 15.2. The third-order valence-electron chi connectivity index (χ3n) is 4.86. The highest BCUT2D eigenvalue weighted by Crippen LogP contribution is 2.43. The first-order chi connectivity index (χ1) is 10.4. The van der Waals surface area contributed by atoms with Gasteiger partial charge in [0.25, 0.3) is 0 Å². The zero-order chi connectivity index (χ0) is 16.2. The number of thiophene rings is 1. The van der Waals surface area contributed by atoms with E-state index in [0.717, 1.165) is 43.7 Å². The third-order valence-corrected chi connectivity index (χ3v) is 5.60. The molecule has 4 heteroatoms. The van der Waals surface area contributed by atoms with Crippen molar-refractivity contribution in [2.24, 2.45) is 5.41 Å². The minimum atomic E-state index is -0.272. The van der Waals surface area contributed by atoms with E-state index in [1.54, 1.807) is 0 Å². The van der Waals surface area contributed by atoms with Crippen molar-refractivity contribution >= 4 is 17.3 Å². The standard InChI is InChI=1S/C18H29NO2S/c1-14(2)19(15(3)4)12-11-18(9-5-6-10-18)17(20)21-16-8-7-13-22-16/h7-8,13-15H,5-6,9-12H2,1-4H3. The quantitative estimate of drug-likeness (QED) is 0.680. The number of rotatable bonds is 7. The van der Waals surface area contributed by atoms with Crippen LogP contribution in [0.3, 0.4) is 0 Å². The van der Waals surface area contributed by atoms with Crippen LogP contribution in [-0.4, -0.2) is 29.5 Å². The van der Waals surface area contributed by atoms with E-state index in [-0.39, 0.29) is 11.4 Å². The van der Waals surface area contributed by atoms with Gasteiger partial charge in [0.05, 0.1) is 5.41 Å². The second-order valence-electron chi connectivity index (χ2n) is 6.98. The number of esters is 1. The fraction of sp³-hybridized carbons (Fsp3) is 0.722. The van der Waals surface area contributed by atoms with Gasteiger partial charge in [0.2, 0.25) is 0 Å². The third kappa shape index (κ3) is 4.11. The zero-order valence-electron chi connectivity index (χ0n) is 14.3. The van der Waals surface area contributed by atoms with E-state index in [4.69, 9.17) is 4.74 Å². The molecule has 3 nitrogen and oxygen atoms in total. The molecule has 1 heterocycles. The molecule has 0 atom stereocenters. The van der Waals surface area contributed by atoms with E-state index in [2.05, 4.69) is 32.6 Å². The zero-order valence-corrected chi connectivity index (χ0v) is 15.1. The molecule has 1 saturated carbocycles. The van der Waals surface area contributed by atoms with Crippen LogP contribution < -0.4 is 4.74 Å². The summed E-state index contributed by atoms with van der Waals surface area (Å²) in [5.41, 5.74) is -0.272. The summed E-state index contributed by atoms with van der Waals surface area (Å²) in [5, 5.41) is 2.67. The maximum Gasteiger partial charge on any atom is 0.318 e. The van der Waals surface area contributed by atoms with Gasteiger partial charge in [-0.15, -0.1) is 11.3 Å². The minimum absolute atomic E-state index is 0.0140. The molecule has 1 aliphatic carbocycles. The van der Waals surface area contributed by atoms with Crippen LogP contribution in [0, 0.1) is 5.41 Å². The van der Waals surface area contributed by atoms with Gasteiger partial charge in [-0.25, -0.2) is 0 Å². The largest absolute Gasteiger partial charge is 0.415 e. The molecule has 0 bridgehead atoms. The molecule has 0 aliphatic heterocycles. The highest BCUT2D eigenvalue weighted by molar-refractivity contribution is 7.11. The van der Waals surface area contributed by atoms with Gasteiger partial charge in [0, 0.05) is 12.1 Å². The highest BCUT2D eigenvalue weighted by Gasteiger charge is 2.43. The van der Waals surface area contributed by atoms with Crippen molar-refractivity contribution in [3.05, 3.63) is 17.5 Å². The Morgan fingerprint density at radius 3 is 2.41 bits per heavy atom. The summed E-state index contributed by atoms with van der Waals surface area (Å²) in [6.07, 6.45) is 5.14. The molecule has 0 saturated heterocycles. The molecule has 0 amide bonds. The molecule has 124 valence electrons. The van der Waals surface area contributed by atoms with Crippen LogP contribution in [0.1, 0.15) is 59.8 Å². The number of carbonyl (C=O) groups is 1. The topological polar surface area (TPSA) is 29.5 Å². The second-order valence-corrected chi connectivity index (χ2v) is 7.89. The first kappa shape index (κ1) is 17.5. The number of carbonyl (C=O) groups excluding carboxylic acids is 1. The lowest BCUT2D eigenvalue weighted by molar-refractivity contribution is -0.146. The van der Waals surface area contributed by atoms with E-state index in [9.17, 15) is 4.79 Å². The van der Waals surface area contributed by atoms with Gasteiger partial charge in [-0.2, -0.15) is 0 Å². The molecule has 2 rings (SSSR count). The fourth-order valence-corrected chi connectivity index (χ4v) is 4.16. The van der Waals surface area contributed by atoms with Crippen LogP contribution in [0.5, 0.6) is 5.06 Å². The Hall–Kier alpha value is -0.870. The lowest BCUT2D eigenvalue weighted by atomic mass is 9.82. The Bertz CT molecular complexity index is 453. The summed E-state index contributed by atoms with van der Waals surface area (Å²) >= 11 is 1.49. The number of hydrogen-bond donors (Lipinski definition) is 0. The van der Waals surface area contributed by atoms with Crippen molar-refractivity contribution < 1.29 is 9.53 Å². The van der Waals surface area contributed by atoms with Gasteiger partial charge >= 0.3 is 5.97 Å². The monoisotopic (exact) mass is 323 g/mol. The van der Waals surface area contributed by atoms with E-state index in [1.807, 2.05) is 17.5 Å². The van der Waals surface area contributed by atoms with Gasteiger partial charge in [0.15, 0.2) is 5.06 Å². The predicted molar refractivity (Wildman–Crippen MR) is 92.5 cm³/mol. The maximum atomic E-state index is 12.8. The van der Waals surface area contributed by atoms with Crippen LogP contribution in [0.4, 0.5) is 0 Å². The van der Waals surface area contributed by atoms with E-state index < -0.39 is 0 Å². The van der Waals surface area contributed by atoms with Crippen LogP contribution in [0.25, 0.3) is 0 Å². The molecule has 1 fully saturated rings. The predicted octanol–water partition coefficient (Wildman–Crippen LogP) is 4.72. The van der Waals surface area contributed by atoms with Crippen molar-refractivity contribution in [3.8, 4) is 5.06 Å². The Balaban J connectivity index is 2.03. The Labute approximate surface area is 138 Å². The smallest absolute Gasteiger partial charge is 0.318 e. The van der Waals surface area contributed by atoms with Gasteiger partial charge in [-0.1, -0.05) is 12.8 Å². The highest BCUT2D eigenvalue weighted by atomic mass is 32.1. The number of ether oxygens (including phenoxy) is 1. The van der Waals surface area contributed by atoms with Crippen molar-refractivity contribution in [1.29, 1.82) is 0 Å². The van der Waals surface area contributed by atoms with Crippen molar-refractivity contribution in [2.45, 2.75) is 71.9 Å². The normalized spacial score (nSPS) is 17.6. The van der Waals surface area contributed by atoms with E-state index in [1.165, 1.54) is 11.3 Å². The summed E-state index contributed by atoms with van der Waals surface area (Å²) in [6, 6.07) is 4.81. The molecule has 0 N–H and O–H groups in total. The lowest BCUT2D eigenvalue weighted by Crippen LogP contribution is -2.42. The summed E-state index contributed by atoms with van der Waals surface area (Å²) in [5.74, 6) is -0.0140. The second kappa shape index (κ2) is 7.60. The molecular weight excluding hydrogens is 294 g/mol. The summed E-state index contributed by atoms with van der Waals surface area (Å²) in [6.45, 7) is 9.88. The SMILES string of the molecule is CC(C)N(CCC1(C(=O)Oc2cccs2)CCCC1)C(C)C. The van der Waals surface area contributed by atoms with Crippen LogP contribution in [0.2, 0.25) is 0 Å². The van der Waals surface area contributed by atoms with Crippen LogP contribution in [-0.2, 0) is 4.79 Å². The Kier molecular flexibility index (Phi) is 6.04. The lowest BCUT2D eigenvalue weighted by Gasteiger charge is -2.34. The first-order valence-electron chi connectivity index (χ1n) is 8.46. The maximum absolute atomic E-state index is 12.8. The average molecular weight is 324 g/mol. The summed E-state index contributed by atoms with van der Waals surface area (Å²) < 4.78 is 5.66. The van der Waals surface area contributed by atoms with Crippen molar-refractivity contribution in [2.75, 3.05) is 6.54 Å². The van der Waals surface area contributed by atoms with Crippen LogP contribution >= 0.6 is 11.3 Å². The molecule has 0 unspecified atom stereocenters. The average Bonchev–Trinajstić information content (AvgIpc) is 3.09. The van der Waals surface area contributed by atoms with Gasteiger partial charge in [-0.3, -0.25) is 9.69 Å². The van der Waals surface area contributed by atoms with Gasteiger partial charge < -0.3 is 4.74 Å². The first-order valence-corrected chi connectivity index (χ1v) is 9.34. The number of nitrogens with zero attached hydrogens (tertiary/aromatic N) is 1. The molecule has 1 aromatic heterocycles. The Morgan fingerprint density at radius 2 is 1.91 bits per heavy atom. The molecule has 0 aromatic carbocycles. The molecule has 1 aromatic rings. The fourth-order valence-electron chi connectivity index (χ4n) is 3.58. The molecule has 0 radical (unpaired) electrons. The van der Waals surface area contributed by atoms with Gasteiger partial charge in [0.1, 0.15) is 0 Å². The van der Waals surface area contributed by atoms with Crippen molar-refractivity contribution in [3.63, 3.8) is 0 Å². The van der Waals surface area contributed by atoms with Crippen molar-refractivity contribution in [1.82, 2.24) is 4.90 Å². The molecular formula is C18H29NO2S. The minimum Gasteiger partial charge on any atom is -0.415 e. The van der Waals surface area contributed by atoms with Crippen LogP contribution in [0.15, 0.2) is 17.5 Å². The van der Waals surface area contributed by atoms with E-state index >= 15 is 0 Å². The number of hydrogen-bond acceptors (Lipinski definition) is 4. The molecule has 22 heavy (non-hydrogen) atoms. The summed E-state index contributed by atoms with van der Waals surface area (Å²) in [7, 11) is 0. The van der Waals surface area contributed by atoms with Gasteiger partial charge in [-0.05, 0) is 71.0 Å². The molecule has 0 spiro atoms. The molecule has 1 aliphatic rings. The Morgan fingerprint density at radius 1 is 1.27 bits per heavy atom.